The molecule has 4 N–H and O–H groups in total. The van der Waals surface area contributed by atoms with Crippen molar-refractivity contribution in [1.82, 2.24) is 9.13 Å². The molecule has 3 heterocycles. The van der Waals surface area contributed by atoms with Crippen molar-refractivity contribution >= 4 is 50.3 Å². The zero-order valence-corrected chi connectivity index (χ0v) is 31.5. The second-order valence-corrected chi connectivity index (χ2v) is 15.2. The van der Waals surface area contributed by atoms with Crippen molar-refractivity contribution in [3.8, 4) is 22.3 Å². The summed E-state index contributed by atoms with van der Waals surface area (Å²) in [4.78, 5) is 18.9. The van der Waals surface area contributed by atoms with Gasteiger partial charge in [-0.15, -0.1) is 0 Å². The first-order valence-corrected chi connectivity index (χ1v) is 19.2. The molecule has 0 atom stereocenters. The van der Waals surface area contributed by atoms with Crippen LogP contribution < -0.4 is 11.5 Å². The molecular formula is C46H46N6O3. The zero-order chi connectivity index (χ0) is 38.3. The number of ether oxygens (including phenoxy) is 2. The van der Waals surface area contributed by atoms with E-state index in [0.717, 1.165) is 99.6 Å². The van der Waals surface area contributed by atoms with Crippen LogP contribution in [0.4, 0.5) is 22.7 Å². The van der Waals surface area contributed by atoms with Crippen LogP contribution in [0.15, 0.2) is 85.2 Å². The van der Waals surface area contributed by atoms with Crippen LogP contribution in [0.5, 0.6) is 0 Å². The summed E-state index contributed by atoms with van der Waals surface area (Å²) in [6.45, 7) is 20.3. The molecule has 4 aromatic carbocycles. The minimum absolute atomic E-state index is 0.323. The number of nitrogen functional groups attached to an aromatic ring is 2. The summed E-state index contributed by atoms with van der Waals surface area (Å²) in [6, 6.07) is 24.6. The van der Waals surface area contributed by atoms with E-state index in [4.69, 9.17) is 34.1 Å². The summed E-state index contributed by atoms with van der Waals surface area (Å²) in [6.07, 6.45) is 11.4. The predicted octanol–water partition coefficient (Wildman–Crippen LogP) is 11.0. The zero-order valence-electron chi connectivity index (χ0n) is 31.5. The number of nitrogens with zero attached hydrogens (tertiary/aromatic N) is 4. The molecule has 2 saturated carbocycles. The van der Waals surface area contributed by atoms with Crippen molar-refractivity contribution in [2.75, 3.05) is 24.7 Å². The Balaban J connectivity index is 0.000000156. The maximum atomic E-state index is 11.6. The molecule has 3 aliphatic rings. The van der Waals surface area contributed by atoms with Gasteiger partial charge in [0.1, 0.15) is 5.78 Å². The van der Waals surface area contributed by atoms with Crippen molar-refractivity contribution in [1.29, 1.82) is 0 Å². The van der Waals surface area contributed by atoms with E-state index in [-0.39, 0.29) is 5.79 Å². The van der Waals surface area contributed by atoms with Gasteiger partial charge < -0.3 is 30.1 Å². The van der Waals surface area contributed by atoms with Crippen molar-refractivity contribution in [3.63, 3.8) is 0 Å². The van der Waals surface area contributed by atoms with Crippen LogP contribution in [0.2, 0.25) is 0 Å². The number of hydrogen-bond donors (Lipinski definition) is 2. The molecule has 0 bridgehead atoms. The second kappa shape index (κ2) is 14.8. The fraction of sp³-hybridized carbons (Fsp3) is 0.326. The summed E-state index contributed by atoms with van der Waals surface area (Å²) < 4.78 is 16.5. The number of carbonyl (C=O) groups is 1. The summed E-state index contributed by atoms with van der Waals surface area (Å²) in [7, 11) is 0. The van der Waals surface area contributed by atoms with Gasteiger partial charge in [0, 0.05) is 83.7 Å². The molecule has 55 heavy (non-hydrogen) atoms. The van der Waals surface area contributed by atoms with Gasteiger partial charge in [-0.1, -0.05) is 36.4 Å². The number of ketones is 1. The summed E-state index contributed by atoms with van der Waals surface area (Å²) in [5, 5.41) is 2.19. The van der Waals surface area contributed by atoms with Gasteiger partial charge in [-0.25, -0.2) is 9.69 Å². The average molecular weight is 731 g/mol. The molecule has 0 radical (unpaired) electrons. The number of carbonyl (C=O) groups excluding carboxylic acids is 1. The number of anilines is 2. The van der Waals surface area contributed by atoms with Gasteiger partial charge in [0.05, 0.1) is 26.4 Å². The number of aromatic nitrogens is 2. The first-order valence-electron chi connectivity index (χ1n) is 19.2. The molecule has 3 fully saturated rings. The van der Waals surface area contributed by atoms with Crippen molar-refractivity contribution < 1.29 is 14.3 Å². The third-order valence-electron chi connectivity index (χ3n) is 12.1. The average Bonchev–Trinajstić information content (AvgIpc) is 3.93. The maximum Gasteiger partial charge on any atom is 0.188 e. The molecule has 9 rings (SSSR count). The molecule has 1 saturated heterocycles. The van der Waals surface area contributed by atoms with E-state index in [9.17, 15) is 4.79 Å². The monoisotopic (exact) mass is 730 g/mol. The third-order valence-corrected chi connectivity index (χ3v) is 12.1. The minimum atomic E-state index is -0.357. The van der Waals surface area contributed by atoms with Crippen LogP contribution in [0, 0.1) is 27.0 Å². The van der Waals surface area contributed by atoms with E-state index >= 15 is 0 Å². The molecule has 2 aliphatic carbocycles. The second-order valence-electron chi connectivity index (χ2n) is 15.2. The Hall–Kier alpha value is -5.87. The number of rotatable bonds is 4. The lowest BCUT2D eigenvalue weighted by atomic mass is 9.90. The number of Topliss-reactive ketones (excluding diaryl/α,β-unsaturated/α-hetero) is 1. The van der Waals surface area contributed by atoms with Crippen LogP contribution >= 0.6 is 0 Å². The SMILES string of the molecule is [C-]#[N+]c1ccc2c(c1)c(-c1cccc(N)c1C)cn2C1CCC(=O)CC1.[C-]#[N+]c1ccc2c(c1)c(-c1cccc(N)c1C)cn2C1CCC2(CC1)OCCO2. The quantitative estimate of drug-likeness (QED) is 0.139. The highest BCUT2D eigenvalue weighted by Crippen LogP contribution is 2.45. The predicted molar refractivity (Wildman–Crippen MR) is 220 cm³/mol. The van der Waals surface area contributed by atoms with E-state index < -0.39 is 0 Å². The molecule has 0 amide bonds. The van der Waals surface area contributed by atoms with Gasteiger partial charge in [0.2, 0.25) is 0 Å². The molecule has 2 aromatic heterocycles. The Morgan fingerprint density at radius 1 is 0.655 bits per heavy atom. The highest BCUT2D eigenvalue weighted by molar-refractivity contribution is 6.00. The smallest absolute Gasteiger partial charge is 0.188 e. The van der Waals surface area contributed by atoms with E-state index in [1.807, 2.05) is 61.5 Å². The summed E-state index contributed by atoms with van der Waals surface area (Å²) in [5.74, 6) is 0.00390. The molecule has 0 unspecified atom stereocenters. The molecular weight excluding hydrogens is 685 g/mol. The van der Waals surface area contributed by atoms with E-state index in [1.54, 1.807) is 0 Å². The Morgan fingerprint density at radius 3 is 1.56 bits per heavy atom. The number of fused-ring (bicyclic) bond motifs is 2. The van der Waals surface area contributed by atoms with Gasteiger partial charge in [-0.3, -0.25) is 4.79 Å². The van der Waals surface area contributed by atoms with E-state index in [0.29, 0.717) is 55.3 Å². The largest absolute Gasteiger partial charge is 0.398 e. The van der Waals surface area contributed by atoms with Crippen LogP contribution in [0.1, 0.15) is 74.6 Å². The van der Waals surface area contributed by atoms with Crippen LogP contribution in [-0.4, -0.2) is 33.9 Å². The lowest BCUT2D eigenvalue weighted by molar-refractivity contribution is -0.181. The number of hydrogen-bond acceptors (Lipinski definition) is 5. The minimum Gasteiger partial charge on any atom is -0.398 e. The van der Waals surface area contributed by atoms with Gasteiger partial charge in [0.25, 0.3) is 0 Å². The van der Waals surface area contributed by atoms with Gasteiger partial charge in [-0.05, 0) is 109 Å². The van der Waals surface area contributed by atoms with Crippen molar-refractivity contribution in [2.24, 2.45) is 0 Å². The lowest BCUT2D eigenvalue weighted by Crippen LogP contribution is -2.35. The number of benzene rings is 4. The Labute approximate surface area is 322 Å². The molecule has 9 heteroatoms. The standard InChI is InChI=1S/C24H25N3O2.C22H21N3O/c1-16-19(4-3-5-22(16)25)21-15-27(23-7-6-17(26-2)14-20(21)23)18-8-10-24(11-9-18)28-12-13-29-24;1-14-18(4-3-5-21(14)23)20-13-25(16-7-9-17(26)10-8-16)22-11-6-15(24-2)12-19(20)22/h3-7,14-15,18H,8-13,25H2,1H3;3-6,11-13,16H,7-10,23H2,1H3. The van der Waals surface area contributed by atoms with Gasteiger partial charge >= 0.3 is 0 Å². The maximum absolute atomic E-state index is 11.6. The molecule has 278 valence electrons. The molecule has 1 aliphatic heterocycles. The van der Waals surface area contributed by atoms with Gasteiger partial charge in [0.15, 0.2) is 17.2 Å². The van der Waals surface area contributed by atoms with Crippen LogP contribution in [0.25, 0.3) is 53.7 Å². The van der Waals surface area contributed by atoms with E-state index in [2.05, 4.69) is 56.3 Å². The summed E-state index contributed by atoms with van der Waals surface area (Å²) >= 11 is 0. The molecule has 1 spiro atoms. The third kappa shape index (κ3) is 6.76. The van der Waals surface area contributed by atoms with Crippen LogP contribution in [-0.2, 0) is 14.3 Å². The van der Waals surface area contributed by atoms with Crippen LogP contribution in [0.3, 0.4) is 0 Å². The Morgan fingerprint density at radius 2 is 1.11 bits per heavy atom. The Kier molecular flexibility index (Phi) is 9.69. The van der Waals surface area contributed by atoms with Crippen molar-refractivity contribution in [3.05, 3.63) is 119 Å². The normalized spacial score (nSPS) is 17.3. The van der Waals surface area contributed by atoms with Gasteiger partial charge in [-0.2, -0.15) is 0 Å². The van der Waals surface area contributed by atoms with E-state index in [1.165, 1.54) is 5.52 Å². The number of nitrogens with two attached hydrogens (primary N) is 2. The first kappa shape index (κ1) is 36.1. The summed E-state index contributed by atoms with van der Waals surface area (Å²) in [5.41, 5.74) is 24.1. The van der Waals surface area contributed by atoms with Crippen molar-refractivity contribution in [2.45, 2.75) is 83.1 Å². The Bertz CT molecular complexity index is 2510. The fourth-order valence-electron chi connectivity index (χ4n) is 8.86. The molecule has 6 aromatic rings. The topological polar surface area (TPSA) is 106 Å². The molecule has 9 nitrogen and oxygen atoms in total. The lowest BCUT2D eigenvalue weighted by Gasteiger charge is -2.36. The fourth-order valence-corrected chi connectivity index (χ4v) is 8.86. The highest BCUT2D eigenvalue weighted by atomic mass is 16.7. The first-order chi connectivity index (χ1) is 26.7. The highest BCUT2D eigenvalue weighted by Gasteiger charge is 2.41.